The van der Waals surface area contributed by atoms with Crippen LogP contribution in [0, 0.1) is 12.8 Å². The molecule has 2 heteroatoms. The van der Waals surface area contributed by atoms with E-state index < -0.39 is 0 Å². The molecular formula is C17H29NO. The van der Waals surface area contributed by atoms with Crippen molar-refractivity contribution in [3.8, 4) is 5.75 Å². The maximum absolute atomic E-state index is 5.73. The molecule has 2 nitrogen and oxygen atoms in total. The Bertz CT molecular complexity index is 336. The zero-order chi connectivity index (χ0) is 13.9. The smallest absolute Gasteiger partial charge is 0.140 e. The molecule has 0 radical (unpaired) electrons. The highest BCUT2D eigenvalue weighted by Gasteiger charge is 1.99. The maximum atomic E-state index is 5.73. The van der Waals surface area contributed by atoms with Crippen LogP contribution in [0.2, 0.25) is 0 Å². The van der Waals surface area contributed by atoms with E-state index in [0.29, 0.717) is 0 Å². The third kappa shape index (κ3) is 7.86. The first-order chi connectivity index (χ1) is 9.20. The van der Waals surface area contributed by atoms with Gasteiger partial charge in [-0.05, 0) is 31.4 Å². The van der Waals surface area contributed by atoms with Crippen molar-refractivity contribution < 1.29 is 4.74 Å². The third-order valence-corrected chi connectivity index (χ3v) is 3.39. The summed E-state index contributed by atoms with van der Waals surface area (Å²) in [7, 11) is 0. The third-order valence-electron chi connectivity index (χ3n) is 3.39. The van der Waals surface area contributed by atoms with Crippen LogP contribution in [0.15, 0.2) is 18.3 Å². The Hall–Kier alpha value is -1.05. The Morgan fingerprint density at radius 2 is 1.74 bits per heavy atom. The fourth-order valence-corrected chi connectivity index (χ4v) is 2.17. The van der Waals surface area contributed by atoms with Gasteiger partial charge in [-0.3, -0.25) is 4.98 Å². The standard InChI is InChI=1S/C17H29NO/c1-15(2)11-8-6-4-5-7-9-14-19-17-12-10-13-18-16(17)3/h10,12-13,15H,4-9,11,14H2,1-3H3. The Morgan fingerprint density at radius 3 is 2.42 bits per heavy atom. The number of aryl methyl sites for hydroxylation is 1. The molecule has 0 aliphatic carbocycles. The lowest BCUT2D eigenvalue weighted by atomic mass is 10.0. The lowest BCUT2D eigenvalue weighted by Crippen LogP contribution is -1.99. The number of hydrogen-bond acceptors (Lipinski definition) is 2. The molecule has 0 saturated heterocycles. The van der Waals surface area contributed by atoms with Gasteiger partial charge in [-0.2, -0.15) is 0 Å². The molecule has 0 fully saturated rings. The van der Waals surface area contributed by atoms with Crippen LogP contribution in [0.5, 0.6) is 5.75 Å². The second kappa shape index (κ2) is 9.82. The number of ether oxygens (including phenoxy) is 1. The minimum absolute atomic E-state index is 0.818. The normalized spacial score (nSPS) is 10.9. The highest BCUT2D eigenvalue weighted by molar-refractivity contribution is 5.25. The van der Waals surface area contributed by atoms with Crippen LogP contribution in [0.1, 0.15) is 64.5 Å². The summed E-state index contributed by atoms with van der Waals surface area (Å²) in [5.74, 6) is 1.79. The highest BCUT2D eigenvalue weighted by atomic mass is 16.5. The summed E-state index contributed by atoms with van der Waals surface area (Å²) in [6.07, 6.45) is 11.1. The van der Waals surface area contributed by atoms with Crippen LogP contribution in [0.25, 0.3) is 0 Å². The summed E-state index contributed by atoms with van der Waals surface area (Å²) in [5.41, 5.74) is 0.983. The summed E-state index contributed by atoms with van der Waals surface area (Å²) < 4.78 is 5.73. The zero-order valence-corrected chi connectivity index (χ0v) is 12.8. The van der Waals surface area contributed by atoms with Crippen molar-refractivity contribution in [3.63, 3.8) is 0 Å². The molecule has 19 heavy (non-hydrogen) atoms. The van der Waals surface area contributed by atoms with Gasteiger partial charge in [-0.15, -0.1) is 0 Å². The molecule has 0 atom stereocenters. The summed E-state index contributed by atoms with van der Waals surface area (Å²) in [6, 6.07) is 3.92. The molecule has 1 aromatic rings. The molecule has 0 amide bonds. The van der Waals surface area contributed by atoms with Gasteiger partial charge < -0.3 is 4.74 Å². The Labute approximate surface area is 118 Å². The number of pyridine rings is 1. The molecule has 0 saturated carbocycles. The average Bonchev–Trinajstić information content (AvgIpc) is 2.38. The van der Waals surface area contributed by atoms with Crippen molar-refractivity contribution in [2.24, 2.45) is 5.92 Å². The van der Waals surface area contributed by atoms with Gasteiger partial charge in [-0.1, -0.05) is 52.4 Å². The predicted octanol–water partition coefficient (Wildman–Crippen LogP) is 5.16. The Kier molecular flexibility index (Phi) is 8.28. The SMILES string of the molecule is Cc1ncccc1OCCCCCCCCC(C)C. The minimum Gasteiger partial charge on any atom is -0.492 e. The van der Waals surface area contributed by atoms with E-state index in [1.165, 1.54) is 38.5 Å². The average molecular weight is 263 g/mol. The second-order valence-electron chi connectivity index (χ2n) is 5.74. The maximum Gasteiger partial charge on any atom is 0.140 e. The summed E-state index contributed by atoms with van der Waals surface area (Å²) in [5, 5.41) is 0. The van der Waals surface area contributed by atoms with Crippen LogP contribution < -0.4 is 4.74 Å². The molecule has 0 aliphatic rings. The Balaban J connectivity index is 1.93. The highest BCUT2D eigenvalue weighted by Crippen LogP contribution is 2.15. The second-order valence-corrected chi connectivity index (χ2v) is 5.74. The number of rotatable bonds is 10. The lowest BCUT2D eigenvalue weighted by molar-refractivity contribution is 0.301. The summed E-state index contributed by atoms with van der Waals surface area (Å²) in [6.45, 7) is 7.41. The van der Waals surface area contributed by atoms with Gasteiger partial charge in [0.1, 0.15) is 5.75 Å². The van der Waals surface area contributed by atoms with Gasteiger partial charge in [0.15, 0.2) is 0 Å². The van der Waals surface area contributed by atoms with Crippen LogP contribution >= 0.6 is 0 Å². The van der Waals surface area contributed by atoms with Gasteiger partial charge in [0, 0.05) is 6.20 Å². The molecule has 0 bridgehead atoms. The van der Waals surface area contributed by atoms with Crippen LogP contribution in [-0.2, 0) is 0 Å². The first-order valence-electron chi connectivity index (χ1n) is 7.74. The molecule has 1 rings (SSSR count). The minimum atomic E-state index is 0.818. The van der Waals surface area contributed by atoms with E-state index in [2.05, 4.69) is 18.8 Å². The van der Waals surface area contributed by atoms with Gasteiger partial charge >= 0.3 is 0 Å². The zero-order valence-electron chi connectivity index (χ0n) is 12.8. The Morgan fingerprint density at radius 1 is 1.05 bits per heavy atom. The molecule has 0 aromatic carbocycles. The van der Waals surface area contributed by atoms with Gasteiger partial charge in [0.25, 0.3) is 0 Å². The van der Waals surface area contributed by atoms with E-state index in [1.807, 2.05) is 19.1 Å². The van der Waals surface area contributed by atoms with Gasteiger partial charge in [-0.25, -0.2) is 0 Å². The van der Waals surface area contributed by atoms with Crippen molar-refractivity contribution in [2.45, 2.75) is 65.7 Å². The largest absolute Gasteiger partial charge is 0.492 e. The topological polar surface area (TPSA) is 22.1 Å². The molecule has 0 spiro atoms. The van der Waals surface area contributed by atoms with Crippen molar-refractivity contribution in [2.75, 3.05) is 6.61 Å². The van der Waals surface area contributed by atoms with E-state index in [9.17, 15) is 0 Å². The van der Waals surface area contributed by atoms with Crippen LogP contribution in [-0.4, -0.2) is 11.6 Å². The van der Waals surface area contributed by atoms with E-state index in [1.54, 1.807) is 6.20 Å². The first-order valence-corrected chi connectivity index (χ1v) is 7.74. The number of aromatic nitrogens is 1. The van der Waals surface area contributed by atoms with Crippen molar-refractivity contribution in [1.29, 1.82) is 0 Å². The van der Waals surface area contributed by atoms with Crippen molar-refractivity contribution in [1.82, 2.24) is 4.98 Å². The number of hydrogen-bond donors (Lipinski definition) is 0. The number of nitrogens with zero attached hydrogens (tertiary/aromatic N) is 1. The van der Waals surface area contributed by atoms with Crippen LogP contribution in [0.3, 0.4) is 0 Å². The molecule has 0 N–H and O–H groups in total. The molecule has 1 heterocycles. The van der Waals surface area contributed by atoms with Crippen molar-refractivity contribution >= 4 is 0 Å². The van der Waals surface area contributed by atoms with E-state index in [-0.39, 0.29) is 0 Å². The predicted molar refractivity (Wildman–Crippen MR) is 81.6 cm³/mol. The summed E-state index contributed by atoms with van der Waals surface area (Å²) in [4.78, 5) is 4.22. The monoisotopic (exact) mass is 263 g/mol. The van der Waals surface area contributed by atoms with Crippen molar-refractivity contribution in [3.05, 3.63) is 24.0 Å². The van der Waals surface area contributed by atoms with Gasteiger partial charge in [0.05, 0.1) is 12.3 Å². The molecular weight excluding hydrogens is 234 g/mol. The fraction of sp³-hybridized carbons (Fsp3) is 0.706. The quantitative estimate of drug-likeness (QED) is 0.544. The first kappa shape index (κ1) is 16.0. The van der Waals surface area contributed by atoms with Crippen LogP contribution in [0.4, 0.5) is 0 Å². The molecule has 0 unspecified atom stereocenters. The summed E-state index contributed by atoms with van der Waals surface area (Å²) >= 11 is 0. The van der Waals surface area contributed by atoms with Gasteiger partial charge in [0.2, 0.25) is 0 Å². The van der Waals surface area contributed by atoms with E-state index >= 15 is 0 Å². The van der Waals surface area contributed by atoms with E-state index in [4.69, 9.17) is 4.74 Å². The lowest BCUT2D eigenvalue weighted by Gasteiger charge is -2.08. The molecule has 1 aromatic heterocycles. The number of unbranched alkanes of at least 4 members (excludes halogenated alkanes) is 5. The molecule has 108 valence electrons. The van der Waals surface area contributed by atoms with E-state index in [0.717, 1.165) is 30.4 Å². The fourth-order valence-electron chi connectivity index (χ4n) is 2.17. The molecule has 0 aliphatic heterocycles.